The van der Waals surface area contributed by atoms with Crippen molar-refractivity contribution in [2.24, 2.45) is 0 Å². The zero-order chi connectivity index (χ0) is 21.2. The highest BCUT2D eigenvalue weighted by atomic mass is 14.0. The molecule has 166 valence electrons. The van der Waals surface area contributed by atoms with Gasteiger partial charge in [-0.1, -0.05) is 162 Å². The Morgan fingerprint density at radius 2 is 0.400 bits per heavy atom. The van der Waals surface area contributed by atoms with Gasteiger partial charge in [-0.25, -0.2) is 0 Å². The summed E-state index contributed by atoms with van der Waals surface area (Å²) in [5, 5.41) is 0. The minimum absolute atomic E-state index is 1.21. The molecule has 0 aromatic carbocycles. The Labute approximate surface area is 187 Å². The Kier molecular flexibility index (Phi) is 20.5. The van der Waals surface area contributed by atoms with Crippen molar-refractivity contribution in [3.63, 3.8) is 0 Å². The first-order valence-corrected chi connectivity index (χ1v) is 12.6. The fourth-order valence-electron chi connectivity index (χ4n) is 3.64. The van der Waals surface area contributed by atoms with Gasteiger partial charge in [0.25, 0.3) is 0 Å². The van der Waals surface area contributed by atoms with E-state index in [2.05, 4.69) is 85.1 Å². The topological polar surface area (TPSA) is 0 Å². The molecule has 1 aliphatic rings. The van der Waals surface area contributed by atoms with Crippen molar-refractivity contribution in [1.29, 1.82) is 0 Å². The molecule has 1 rings (SSSR count). The van der Waals surface area contributed by atoms with E-state index in [1.54, 1.807) is 0 Å². The molecule has 0 unspecified atom stereocenters. The van der Waals surface area contributed by atoms with E-state index in [-0.39, 0.29) is 0 Å². The van der Waals surface area contributed by atoms with E-state index in [1.165, 1.54) is 103 Å². The fraction of sp³-hybridized carbons (Fsp3) is 0.533. The molecule has 0 aliphatic heterocycles. The van der Waals surface area contributed by atoms with Gasteiger partial charge in [-0.15, -0.1) is 0 Å². The second kappa shape index (κ2) is 23.5. The van der Waals surface area contributed by atoms with Crippen LogP contribution in [0.1, 0.15) is 103 Å². The third-order valence-corrected chi connectivity index (χ3v) is 5.49. The summed E-state index contributed by atoms with van der Waals surface area (Å²) >= 11 is 0. The summed E-state index contributed by atoms with van der Waals surface area (Å²) in [6, 6.07) is 0. The van der Waals surface area contributed by atoms with Crippen LogP contribution >= 0.6 is 0 Å². The van der Waals surface area contributed by atoms with Crippen molar-refractivity contribution in [2.75, 3.05) is 0 Å². The lowest BCUT2D eigenvalue weighted by Gasteiger charge is -2.03. The fourth-order valence-corrected chi connectivity index (χ4v) is 3.64. The zero-order valence-electron chi connectivity index (χ0n) is 19.4. The normalized spacial score (nSPS) is 26.7. The summed E-state index contributed by atoms with van der Waals surface area (Å²) in [5.41, 5.74) is 0. The predicted octanol–water partition coefficient (Wildman–Crippen LogP) is 10.1. The summed E-state index contributed by atoms with van der Waals surface area (Å²) in [4.78, 5) is 0. The largest absolute Gasteiger partial charge is 0.0845 e. The average molecular weight is 407 g/mol. The van der Waals surface area contributed by atoms with Crippen molar-refractivity contribution in [2.45, 2.75) is 103 Å². The van der Waals surface area contributed by atoms with Crippen molar-refractivity contribution in [1.82, 2.24) is 0 Å². The minimum atomic E-state index is 1.21. The van der Waals surface area contributed by atoms with Crippen molar-refractivity contribution in [3.8, 4) is 0 Å². The maximum absolute atomic E-state index is 2.29. The van der Waals surface area contributed by atoms with Crippen LogP contribution in [0.4, 0.5) is 0 Å². The minimum Gasteiger partial charge on any atom is -0.0845 e. The maximum Gasteiger partial charge on any atom is -0.0348 e. The molecule has 0 aromatic rings. The molecular formula is C30H46. The Hall–Kier alpha value is -1.82. The first-order chi connectivity index (χ1) is 15.0. The van der Waals surface area contributed by atoms with Crippen molar-refractivity contribution >= 4 is 0 Å². The maximum atomic E-state index is 2.29. The zero-order valence-corrected chi connectivity index (χ0v) is 19.4. The monoisotopic (exact) mass is 406 g/mol. The molecule has 0 atom stereocenters. The molecule has 0 spiro atoms. The summed E-state index contributed by atoms with van der Waals surface area (Å²) in [5.74, 6) is 0. The van der Waals surface area contributed by atoms with Crippen LogP contribution in [0.5, 0.6) is 0 Å². The van der Waals surface area contributed by atoms with Gasteiger partial charge in [0, 0.05) is 0 Å². The van der Waals surface area contributed by atoms with Crippen LogP contribution < -0.4 is 0 Å². The average Bonchev–Trinajstić information content (AvgIpc) is 2.76. The van der Waals surface area contributed by atoms with E-state index in [0.29, 0.717) is 0 Å². The molecule has 1 aliphatic carbocycles. The number of hydrogen-bond acceptors (Lipinski definition) is 0. The Morgan fingerprint density at radius 3 is 0.667 bits per heavy atom. The molecule has 0 N–H and O–H groups in total. The molecule has 0 radical (unpaired) electrons. The van der Waals surface area contributed by atoms with Crippen LogP contribution in [0.3, 0.4) is 0 Å². The lowest BCUT2D eigenvalue weighted by atomic mass is 10.0. The van der Waals surface area contributed by atoms with Crippen LogP contribution in [0.25, 0.3) is 0 Å². The van der Waals surface area contributed by atoms with E-state index >= 15 is 0 Å². The third kappa shape index (κ3) is 20.9. The van der Waals surface area contributed by atoms with Crippen LogP contribution in [-0.4, -0.2) is 0 Å². The van der Waals surface area contributed by atoms with Gasteiger partial charge in [0.05, 0.1) is 0 Å². The van der Waals surface area contributed by atoms with E-state index in [4.69, 9.17) is 0 Å². The summed E-state index contributed by atoms with van der Waals surface area (Å²) in [7, 11) is 0. The first kappa shape index (κ1) is 26.2. The van der Waals surface area contributed by atoms with Gasteiger partial charge in [0.1, 0.15) is 0 Å². The quantitative estimate of drug-likeness (QED) is 0.375. The number of rotatable bonds is 0. The van der Waals surface area contributed by atoms with Gasteiger partial charge in [-0.2, -0.15) is 0 Å². The van der Waals surface area contributed by atoms with Gasteiger partial charge < -0.3 is 0 Å². The van der Waals surface area contributed by atoms with E-state index in [1.807, 2.05) is 0 Å². The highest BCUT2D eigenvalue weighted by molar-refractivity contribution is 5.20. The molecule has 30 heavy (non-hydrogen) atoms. The summed E-state index contributed by atoms with van der Waals surface area (Å²) < 4.78 is 0. The van der Waals surface area contributed by atoms with Gasteiger partial charge in [-0.05, 0) is 25.7 Å². The molecule has 0 nitrogen and oxygen atoms in total. The highest BCUT2D eigenvalue weighted by Crippen LogP contribution is 2.14. The molecule has 0 fully saturated rings. The molecule has 0 saturated heterocycles. The first-order valence-electron chi connectivity index (χ1n) is 12.6. The molecule has 0 amide bonds. The Balaban J connectivity index is 2.29. The van der Waals surface area contributed by atoms with Crippen LogP contribution in [0, 0.1) is 0 Å². The van der Waals surface area contributed by atoms with Crippen LogP contribution in [0.15, 0.2) is 85.1 Å². The molecular weight excluding hydrogens is 360 g/mol. The standard InChI is InChI=1S/C30H46/c1-2-4-6-8-10-12-14-16-18-20-22-24-26-28-30-29-27-25-23-21-19-17-15-13-11-9-7-5-3-1/h1-14H,15-30H2/b2-1-,5-3-,6-4-,9-7-,10-8-,13-11-,14-12?. The van der Waals surface area contributed by atoms with Gasteiger partial charge in [0.2, 0.25) is 0 Å². The summed E-state index contributed by atoms with van der Waals surface area (Å²) in [6.07, 6.45) is 52.0. The molecule has 0 aromatic heterocycles. The van der Waals surface area contributed by atoms with Gasteiger partial charge in [0.15, 0.2) is 0 Å². The van der Waals surface area contributed by atoms with Crippen LogP contribution in [-0.2, 0) is 0 Å². The SMILES string of the molecule is C1=CCCCCCCCCCCCCCCCC\C=C/C=C\C=C/C=C\C=C/C=C\1. The van der Waals surface area contributed by atoms with E-state index in [0.717, 1.165) is 0 Å². The molecule has 0 heterocycles. The number of allylic oxidation sites excluding steroid dienone is 14. The lowest BCUT2D eigenvalue weighted by molar-refractivity contribution is 0.534. The van der Waals surface area contributed by atoms with Crippen molar-refractivity contribution < 1.29 is 0 Å². The smallest absolute Gasteiger partial charge is 0.0348 e. The van der Waals surface area contributed by atoms with E-state index in [9.17, 15) is 0 Å². The highest BCUT2D eigenvalue weighted by Gasteiger charge is 1.94. The predicted molar refractivity (Wildman–Crippen MR) is 138 cm³/mol. The van der Waals surface area contributed by atoms with Gasteiger partial charge >= 0.3 is 0 Å². The molecule has 0 bridgehead atoms. The Morgan fingerprint density at radius 1 is 0.200 bits per heavy atom. The van der Waals surface area contributed by atoms with E-state index < -0.39 is 0 Å². The third-order valence-electron chi connectivity index (χ3n) is 5.49. The second-order valence-electron chi connectivity index (χ2n) is 8.31. The molecule has 0 heteroatoms. The van der Waals surface area contributed by atoms with Crippen LogP contribution in [0.2, 0.25) is 0 Å². The summed E-state index contributed by atoms with van der Waals surface area (Å²) in [6.45, 7) is 0. The second-order valence-corrected chi connectivity index (χ2v) is 8.31. The molecule has 0 saturated carbocycles. The Bertz CT molecular complexity index is 501. The lowest BCUT2D eigenvalue weighted by Crippen LogP contribution is -1.83. The van der Waals surface area contributed by atoms with Gasteiger partial charge in [-0.3, -0.25) is 0 Å². The number of hydrogen-bond donors (Lipinski definition) is 0. The van der Waals surface area contributed by atoms with Crippen molar-refractivity contribution in [3.05, 3.63) is 85.1 Å².